The molecule has 2 N–H and O–H groups in total. The second kappa shape index (κ2) is 12.7. The van der Waals surface area contributed by atoms with Crippen LogP contribution in [0.2, 0.25) is 5.02 Å². The van der Waals surface area contributed by atoms with E-state index in [-0.39, 0.29) is 6.61 Å². The van der Waals surface area contributed by atoms with Crippen LogP contribution in [-0.2, 0) is 22.5 Å². The Morgan fingerprint density at radius 3 is 2.63 bits per heavy atom. The van der Waals surface area contributed by atoms with Gasteiger partial charge in [-0.05, 0) is 36.7 Å². The molecule has 0 fully saturated rings. The van der Waals surface area contributed by atoms with Crippen LogP contribution < -0.4 is 10.1 Å². The summed E-state index contributed by atoms with van der Waals surface area (Å²) < 4.78 is 16.3. The Hall–Kier alpha value is -1.63. The summed E-state index contributed by atoms with van der Waals surface area (Å²) in [5.74, 6) is 0.732. The topological polar surface area (TPSA) is 60.0 Å². The third-order valence-electron chi connectivity index (χ3n) is 3.98. The van der Waals surface area contributed by atoms with Crippen LogP contribution in [0.4, 0.5) is 0 Å². The summed E-state index contributed by atoms with van der Waals surface area (Å²) in [6.45, 7) is 3.02. The smallest absolute Gasteiger partial charge is 0.124 e. The van der Waals surface area contributed by atoms with Gasteiger partial charge in [0.25, 0.3) is 0 Å². The standard InChI is InChI=1S/C21H28ClNO4/c1-25-12-13-26-15-18-4-2-3-5-21(18)27-16-20(24)14-23-11-10-17-6-8-19(22)9-7-17/h2-9,20,23-24H,10-16H2,1H3. The fourth-order valence-corrected chi connectivity index (χ4v) is 2.61. The van der Waals surface area contributed by atoms with Crippen molar-refractivity contribution in [1.29, 1.82) is 0 Å². The first-order valence-electron chi connectivity index (χ1n) is 9.09. The van der Waals surface area contributed by atoms with Crippen molar-refractivity contribution in [2.24, 2.45) is 0 Å². The zero-order chi connectivity index (χ0) is 19.3. The van der Waals surface area contributed by atoms with Crippen molar-refractivity contribution in [2.75, 3.05) is 40.0 Å². The van der Waals surface area contributed by atoms with Crippen molar-refractivity contribution in [3.8, 4) is 5.75 Å². The molecule has 0 aliphatic heterocycles. The lowest BCUT2D eigenvalue weighted by molar-refractivity contribution is 0.0591. The minimum absolute atomic E-state index is 0.225. The third kappa shape index (κ3) is 8.73. The van der Waals surface area contributed by atoms with Crippen molar-refractivity contribution >= 4 is 11.6 Å². The second-order valence-corrected chi connectivity index (χ2v) is 6.63. The summed E-state index contributed by atoms with van der Waals surface area (Å²) in [5, 5.41) is 14.1. The minimum atomic E-state index is -0.585. The predicted molar refractivity (Wildman–Crippen MR) is 108 cm³/mol. The van der Waals surface area contributed by atoms with Gasteiger partial charge in [0, 0.05) is 24.2 Å². The first kappa shape index (κ1) is 21.7. The summed E-state index contributed by atoms with van der Waals surface area (Å²) in [7, 11) is 1.64. The molecule has 1 unspecified atom stereocenters. The van der Waals surface area contributed by atoms with E-state index in [0.717, 1.165) is 29.3 Å². The van der Waals surface area contributed by atoms with Gasteiger partial charge in [-0.25, -0.2) is 0 Å². The Balaban J connectivity index is 1.66. The largest absolute Gasteiger partial charge is 0.490 e. The lowest BCUT2D eigenvalue weighted by Gasteiger charge is -2.16. The fourth-order valence-electron chi connectivity index (χ4n) is 2.49. The van der Waals surface area contributed by atoms with Crippen LogP contribution >= 0.6 is 11.6 Å². The van der Waals surface area contributed by atoms with E-state index in [1.807, 2.05) is 48.5 Å². The maximum atomic E-state index is 10.1. The lowest BCUT2D eigenvalue weighted by Crippen LogP contribution is -2.32. The zero-order valence-corrected chi connectivity index (χ0v) is 16.5. The Labute approximate surface area is 166 Å². The highest BCUT2D eigenvalue weighted by molar-refractivity contribution is 6.30. The fraction of sp³-hybridized carbons (Fsp3) is 0.429. The molecular weight excluding hydrogens is 366 g/mol. The zero-order valence-electron chi connectivity index (χ0n) is 15.7. The lowest BCUT2D eigenvalue weighted by atomic mass is 10.1. The molecule has 2 aromatic carbocycles. The highest BCUT2D eigenvalue weighted by Gasteiger charge is 2.08. The van der Waals surface area contributed by atoms with E-state index in [2.05, 4.69) is 5.32 Å². The molecule has 0 aliphatic rings. The van der Waals surface area contributed by atoms with Crippen LogP contribution in [0.3, 0.4) is 0 Å². The van der Waals surface area contributed by atoms with Crippen LogP contribution in [0.15, 0.2) is 48.5 Å². The summed E-state index contributed by atoms with van der Waals surface area (Å²) >= 11 is 5.88. The maximum Gasteiger partial charge on any atom is 0.124 e. The monoisotopic (exact) mass is 393 g/mol. The average Bonchev–Trinajstić information content (AvgIpc) is 2.69. The maximum absolute atomic E-state index is 10.1. The first-order valence-corrected chi connectivity index (χ1v) is 9.47. The number of methoxy groups -OCH3 is 1. The van der Waals surface area contributed by atoms with Gasteiger partial charge < -0.3 is 24.6 Å². The van der Waals surface area contributed by atoms with E-state index in [1.165, 1.54) is 5.56 Å². The normalized spacial score (nSPS) is 12.1. The molecule has 1 atom stereocenters. The summed E-state index contributed by atoms with van der Waals surface area (Å²) in [5.41, 5.74) is 2.16. The van der Waals surface area contributed by atoms with Crippen LogP contribution in [0.25, 0.3) is 0 Å². The highest BCUT2D eigenvalue weighted by Crippen LogP contribution is 2.19. The highest BCUT2D eigenvalue weighted by atomic mass is 35.5. The second-order valence-electron chi connectivity index (χ2n) is 6.20. The number of aliphatic hydroxyl groups is 1. The van der Waals surface area contributed by atoms with E-state index in [9.17, 15) is 5.11 Å². The molecule has 2 rings (SSSR count). The number of hydrogen-bond donors (Lipinski definition) is 2. The molecule has 0 amide bonds. The van der Waals surface area contributed by atoms with Crippen molar-refractivity contribution in [1.82, 2.24) is 5.32 Å². The van der Waals surface area contributed by atoms with E-state index >= 15 is 0 Å². The molecule has 148 valence electrons. The molecule has 0 saturated carbocycles. The van der Waals surface area contributed by atoms with E-state index in [1.54, 1.807) is 7.11 Å². The van der Waals surface area contributed by atoms with Gasteiger partial charge in [-0.1, -0.05) is 41.9 Å². The Morgan fingerprint density at radius 2 is 1.85 bits per heavy atom. The molecular formula is C21H28ClNO4. The number of aliphatic hydroxyl groups excluding tert-OH is 1. The van der Waals surface area contributed by atoms with Crippen LogP contribution in [-0.4, -0.2) is 51.2 Å². The minimum Gasteiger partial charge on any atom is -0.490 e. The van der Waals surface area contributed by atoms with Gasteiger partial charge in [-0.2, -0.15) is 0 Å². The van der Waals surface area contributed by atoms with Gasteiger partial charge in [0.15, 0.2) is 0 Å². The van der Waals surface area contributed by atoms with Gasteiger partial charge in [-0.3, -0.25) is 0 Å². The van der Waals surface area contributed by atoms with Gasteiger partial charge in [0.1, 0.15) is 18.5 Å². The quantitative estimate of drug-likeness (QED) is 0.512. The molecule has 2 aromatic rings. The average molecular weight is 394 g/mol. The molecule has 0 aromatic heterocycles. The molecule has 0 aliphatic carbocycles. The molecule has 0 bridgehead atoms. The molecule has 6 heteroatoms. The Bertz CT molecular complexity index is 651. The Morgan fingerprint density at radius 1 is 1.07 bits per heavy atom. The number of ether oxygens (including phenoxy) is 3. The number of hydrogen-bond acceptors (Lipinski definition) is 5. The predicted octanol–water partition coefficient (Wildman–Crippen LogP) is 3.08. The molecule has 5 nitrogen and oxygen atoms in total. The first-order chi connectivity index (χ1) is 13.2. The number of rotatable bonds is 13. The molecule has 0 heterocycles. The molecule has 0 spiro atoms. The van der Waals surface area contributed by atoms with Crippen molar-refractivity contribution in [2.45, 2.75) is 19.1 Å². The molecule has 27 heavy (non-hydrogen) atoms. The summed E-state index contributed by atoms with van der Waals surface area (Å²) in [4.78, 5) is 0. The SMILES string of the molecule is COCCOCc1ccccc1OCC(O)CNCCc1ccc(Cl)cc1. The number of halogens is 1. The Kier molecular flexibility index (Phi) is 10.2. The van der Waals surface area contributed by atoms with Crippen LogP contribution in [0.5, 0.6) is 5.75 Å². The van der Waals surface area contributed by atoms with E-state index in [4.69, 9.17) is 25.8 Å². The number of nitrogens with one attached hydrogen (secondary N) is 1. The number of para-hydroxylation sites is 1. The van der Waals surface area contributed by atoms with Crippen LogP contribution in [0, 0.1) is 0 Å². The van der Waals surface area contributed by atoms with Crippen molar-refractivity contribution in [3.63, 3.8) is 0 Å². The summed E-state index contributed by atoms with van der Waals surface area (Å²) in [6, 6.07) is 15.5. The molecule has 0 saturated heterocycles. The van der Waals surface area contributed by atoms with Gasteiger partial charge >= 0.3 is 0 Å². The van der Waals surface area contributed by atoms with Gasteiger partial charge in [0.2, 0.25) is 0 Å². The molecule has 0 radical (unpaired) electrons. The summed E-state index contributed by atoms with van der Waals surface area (Å²) in [6.07, 6.45) is 0.296. The number of benzene rings is 2. The van der Waals surface area contributed by atoms with Gasteiger partial charge in [0.05, 0.1) is 19.8 Å². The van der Waals surface area contributed by atoms with Crippen molar-refractivity contribution < 1.29 is 19.3 Å². The van der Waals surface area contributed by atoms with E-state index in [0.29, 0.717) is 26.4 Å². The van der Waals surface area contributed by atoms with E-state index < -0.39 is 6.10 Å². The third-order valence-corrected chi connectivity index (χ3v) is 4.23. The van der Waals surface area contributed by atoms with Gasteiger partial charge in [-0.15, -0.1) is 0 Å². The van der Waals surface area contributed by atoms with Crippen molar-refractivity contribution in [3.05, 3.63) is 64.7 Å². The van der Waals surface area contributed by atoms with Crippen LogP contribution in [0.1, 0.15) is 11.1 Å².